The Balaban J connectivity index is 2.22. The van der Waals surface area contributed by atoms with Crippen molar-refractivity contribution in [1.29, 1.82) is 5.26 Å². The summed E-state index contributed by atoms with van der Waals surface area (Å²) in [5.41, 5.74) is 1.51. The van der Waals surface area contributed by atoms with Crippen molar-refractivity contribution in [3.63, 3.8) is 0 Å². The van der Waals surface area contributed by atoms with Crippen molar-refractivity contribution in [1.82, 2.24) is 4.98 Å². The zero-order valence-electron chi connectivity index (χ0n) is 11.0. The fraction of sp³-hybridized carbons (Fsp3) is 0.286. The van der Waals surface area contributed by atoms with Crippen LogP contribution in [-0.4, -0.2) is 4.98 Å². The molecule has 1 N–H and O–H groups in total. The summed E-state index contributed by atoms with van der Waals surface area (Å²) in [6.45, 7) is 6.29. The smallest absolute Gasteiger partial charge is 0.161 e. The number of pyridine rings is 1. The van der Waals surface area contributed by atoms with E-state index in [0.29, 0.717) is 10.8 Å². The van der Waals surface area contributed by atoms with Crippen molar-refractivity contribution in [3.05, 3.63) is 44.2 Å². The van der Waals surface area contributed by atoms with E-state index in [-0.39, 0.29) is 11.7 Å². The summed E-state index contributed by atoms with van der Waals surface area (Å²) in [5.74, 6) is 0.664. The Morgan fingerprint density at radius 1 is 1.42 bits per heavy atom. The maximum Gasteiger partial charge on any atom is 0.161 e. The number of hydrogen-bond acceptors (Lipinski definition) is 4. The van der Waals surface area contributed by atoms with Crippen LogP contribution in [0.2, 0.25) is 5.02 Å². The maximum atomic E-state index is 8.92. The third-order valence-corrected chi connectivity index (χ3v) is 4.15. The van der Waals surface area contributed by atoms with Crippen LogP contribution < -0.4 is 5.32 Å². The molecule has 2 aromatic rings. The van der Waals surface area contributed by atoms with E-state index >= 15 is 0 Å². The highest BCUT2D eigenvalue weighted by molar-refractivity contribution is 7.12. The molecular weight excluding hydrogens is 278 g/mol. The zero-order chi connectivity index (χ0) is 14.0. The fourth-order valence-corrected chi connectivity index (χ4v) is 3.15. The van der Waals surface area contributed by atoms with Gasteiger partial charge in [0.1, 0.15) is 11.9 Å². The highest BCUT2D eigenvalue weighted by atomic mass is 35.5. The quantitative estimate of drug-likeness (QED) is 0.908. The molecule has 0 aliphatic rings. The van der Waals surface area contributed by atoms with Crippen molar-refractivity contribution < 1.29 is 0 Å². The minimum Gasteiger partial charge on any atom is -0.363 e. The minimum atomic E-state index is 0.144. The van der Waals surface area contributed by atoms with Crippen molar-refractivity contribution in [2.24, 2.45) is 0 Å². The molecule has 0 bridgehead atoms. The summed E-state index contributed by atoms with van der Waals surface area (Å²) in [6.07, 6.45) is 0. The van der Waals surface area contributed by atoms with Crippen molar-refractivity contribution in [3.8, 4) is 6.07 Å². The molecule has 0 aliphatic carbocycles. The van der Waals surface area contributed by atoms with Crippen LogP contribution in [0.5, 0.6) is 0 Å². The van der Waals surface area contributed by atoms with Crippen LogP contribution in [0.4, 0.5) is 5.82 Å². The number of anilines is 1. The van der Waals surface area contributed by atoms with Crippen LogP contribution >= 0.6 is 22.9 Å². The molecule has 3 nitrogen and oxygen atoms in total. The number of nitrogens with one attached hydrogen (secondary N) is 1. The number of aromatic nitrogens is 1. The average molecular weight is 292 g/mol. The lowest BCUT2D eigenvalue weighted by Gasteiger charge is -2.14. The van der Waals surface area contributed by atoms with Gasteiger partial charge in [-0.2, -0.15) is 5.26 Å². The number of nitrogens with zero attached hydrogens (tertiary/aromatic N) is 2. The van der Waals surface area contributed by atoms with E-state index in [1.165, 1.54) is 15.3 Å². The fourth-order valence-electron chi connectivity index (χ4n) is 1.98. The molecule has 0 aliphatic heterocycles. The van der Waals surface area contributed by atoms with Gasteiger partial charge in [-0.15, -0.1) is 11.3 Å². The van der Waals surface area contributed by atoms with Crippen LogP contribution in [0.3, 0.4) is 0 Å². The number of hydrogen-bond donors (Lipinski definition) is 1. The van der Waals surface area contributed by atoms with Crippen LogP contribution in [0, 0.1) is 25.2 Å². The molecule has 2 aromatic heterocycles. The molecule has 0 fully saturated rings. The number of thiophene rings is 1. The molecule has 1 unspecified atom stereocenters. The molecule has 98 valence electrons. The molecule has 0 saturated heterocycles. The van der Waals surface area contributed by atoms with E-state index in [2.05, 4.69) is 37.1 Å². The highest BCUT2D eigenvalue weighted by Crippen LogP contribution is 2.28. The second kappa shape index (κ2) is 5.60. The van der Waals surface area contributed by atoms with Crippen molar-refractivity contribution >= 4 is 28.8 Å². The van der Waals surface area contributed by atoms with Crippen LogP contribution in [0.15, 0.2) is 18.2 Å². The van der Waals surface area contributed by atoms with Gasteiger partial charge in [0.25, 0.3) is 0 Å². The third-order valence-electron chi connectivity index (χ3n) is 2.86. The van der Waals surface area contributed by atoms with Gasteiger partial charge >= 0.3 is 0 Å². The molecular formula is C14H14ClN3S. The van der Waals surface area contributed by atoms with E-state index in [1.54, 1.807) is 23.5 Å². The second-order valence-corrected chi connectivity index (χ2v) is 6.24. The minimum absolute atomic E-state index is 0.144. The Hall–Kier alpha value is -1.57. The summed E-state index contributed by atoms with van der Waals surface area (Å²) in [6, 6.07) is 7.78. The first-order valence-corrected chi connectivity index (χ1v) is 7.11. The largest absolute Gasteiger partial charge is 0.363 e. The van der Waals surface area contributed by atoms with Crippen molar-refractivity contribution in [2.75, 3.05) is 5.32 Å². The number of halogens is 1. The highest BCUT2D eigenvalue weighted by Gasteiger charge is 2.12. The number of aryl methyl sites for hydroxylation is 2. The Kier molecular flexibility index (Phi) is 4.08. The first-order chi connectivity index (χ1) is 9.01. The lowest BCUT2D eigenvalue weighted by atomic mass is 10.1. The number of rotatable bonds is 3. The van der Waals surface area contributed by atoms with Gasteiger partial charge in [0, 0.05) is 9.75 Å². The lowest BCUT2D eigenvalue weighted by molar-refractivity contribution is 0.871. The Morgan fingerprint density at radius 3 is 2.74 bits per heavy atom. The summed E-state index contributed by atoms with van der Waals surface area (Å²) in [7, 11) is 0. The second-order valence-electron chi connectivity index (χ2n) is 4.37. The SMILES string of the molecule is Cc1cc(C(C)Nc2ccc(Cl)c(C#N)n2)c(C)s1. The first kappa shape index (κ1) is 13.9. The van der Waals surface area contributed by atoms with Gasteiger partial charge in [0.15, 0.2) is 5.69 Å². The molecule has 2 rings (SSSR count). The molecule has 19 heavy (non-hydrogen) atoms. The topological polar surface area (TPSA) is 48.7 Å². The standard InChI is InChI=1S/C14H14ClN3S/c1-8-6-11(10(3)19-8)9(2)17-14-5-4-12(15)13(7-16)18-14/h4-6,9H,1-3H3,(H,17,18). The van der Waals surface area contributed by atoms with Gasteiger partial charge in [-0.3, -0.25) is 0 Å². The molecule has 0 amide bonds. The van der Waals surface area contributed by atoms with Gasteiger partial charge in [0.05, 0.1) is 11.1 Å². The van der Waals surface area contributed by atoms with E-state index in [4.69, 9.17) is 16.9 Å². The molecule has 0 radical (unpaired) electrons. The third kappa shape index (κ3) is 3.06. The Labute approximate surface area is 121 Å². The van der Waals surface area contributed by atoms with Crippen LogP contribution in [-0.2, 0) is 0 Å². The molecule has 0 saturated carbocycles. The van der Waals surface area contributed by atoms with Gasteiger partial charge in [-0.1, -0.05) is 11.6 Å². The van der Waals surface area contributed by atoms with Gasteiger partial charge in [0.2, 0.25) is 0 Å². The normalized spacial score (nSPS) is 11.9. The lowest BCUT2D eigenvalue weighted by Crippen LogP contribution is -2.08. The molecule has 2 heterocycles. The van der Waals surface area contributed by atoms with Gasteiger partial charge in [-0.05, 0) is 44.5 Å². The predicted molar refractivity (Wildman–Crippen MR) is 79.8 cm³/mol. The van der Waals surface area contributed by atoms with Crippen LogP contribution in [0.1, 0.15) is 34.0 Å². The number of nitriles is 1. The monoisotopic (exact) mass is 291 g/mol. The average Bonchev–Trinajstić information content (AvgIpc) is 2.71. The van der Waals surface area contributed by atoms with Gasteiger partial charge < -0.3 is 5.32 Å². The summed E-state index contributed by atoms with van der Waals surface area (Å²) in [5, 5.41) is 12.6. The zero-order valence-corrected chi connectivity index (χ0v) is 12.6. The molecule has 0 spiro atoms. The molecule has 0 aromatic carbocycles. The summed E-state index contributed by atoms with van der Waals surface area (Å²) >= 11 is 7.65. The first-order valence-electron chi connectivity index (χ1n) is 5.91. The Bertz CT molecular complexity index is 643. The predicted octanol–water partition coefficient (Wildman–Crippen LogP) is 4.46. The summed E-state index contributed by atoms with van der Waals surface area (Å²) < 4.78 is 0. The van der Waals surface area contributed by atoms with E-state index in [0.717, 1.165) is 0 Å². The van der Waals surface area contributed by atoms with E-state index < -0.39 is 0 Å². The summed E-state index contributed by atoms with van der Waals surface area (Å²) in [4.78, 5) is 6.78. The molecule has 5 heteroatoms. The maximum absolute atomic E-state index is 8.92. The van der Waals surface area contributed by atoms with Crippen LogP contribution in [0.25, 0.3) is 0 Å². The molecule has 1 atom stereocenters. The van der Waals surface area contributed by atoms with Gasteiger partial charge in [-0.25, -0.2) is 4.98 Å². The van der Waals surface area contributed by atoms with Crippen molar-refractivity contribution in [2.45, 2.75) is 26.8 Å². The van der Waals surface area contributed by atoms with E-state index in [9.17, 15) is 0 Å². The Morgan fingerprint density at radius 2 is 2.16 bits per heavy atom. The van der Waals surface area contributed by atoms with E-state index in [1.807, 2.05) is 6.07 Å².